The quantitative estimate of drug-likeness (QED) is 0.622. The second-order valence-electron chi connectivity index (χ2n) is 6.49. The molecule has 0 saturated carbocycles. The van der Waals surface area contributed by atoms with Gasteiger partial charge in [-0.25, -0.2) is 4.79 Å². The minimum atomic E-state index is -3.52. The summed E-state index contributed by atoms with van der Waals surface area (Å²) in [5.74, 6) is 0. The van der Waals surface area contributed by atoms with E-state index in [1.807, 2.05) is 0 Å². The fraction of sp³-hybridized carbons (Fsp3) is 0.733. The molecule has 2 N–H and O–H groups in total. The third kappa shape index (κ3) is 5.35. The van der Waals surface area contributed by atoms with Crippen molar-refractivity contribution in [2.75, 3.05) is 13.0 Å². The first kappa shape index (κ1) is 21.0. The van der Waals surface area contributed by atoms with Crippen molar-refractivity contribution < 1.29 is 28.2 Å². The Morgan fingerprint density at radius 1 is 1.31 bits per heavy atom. The Balaban J connectivity index is 2.05. The maximum absolute atomic E-state index is 12.8. The number of aromatic nitrogens is 2. The molecule has 148 valence electrons. The van der Waals surface area contributed by atoms with Crippen LogP contribution < -0.4 is 11.2 Å². The molecule has 1 saturated heterocycles. The van der Waals surface area contributed by atoms with Crippen LogP contribution in [0.4, 0.5) is 0 Å². The lowest BCUT2D eigenvalue weighted by Gasteiger charge is -2.25. The lowest BCUT2D eigenvalue weighted by atomic mass is 10.2. The number of aromatic amines is 1. The monoisotopic (exact) mass is 392 g/mol. The van der Waals surface area contributed by atoms with Gasteiger partial charge in [-0.3, -0.25) is 18.9 Å². The zero-order valence-electron chi connectivity index (χ0n) is 15.2. The average Bonchev–Trinajstić information content (AvgIpc) is 2.85. The minimum Gasteiger partial charge on any atom is -0.386 e. The van der Waals surface area contributed by atoms with Crippen LogP contribution in [0.5, 0.6) is 0 Å². The Kier molecular flexibility index (Phi) is 6.95. The lowest BCUT2D eigenvalue weighted by Crippen LogP contribution is -2.38. The predicted molar refractivity (Wildman–Crippen MR) is 92.1 cm³/mol. The molecule has 0 aromatic carbocycles. The Morgan fingerprint density at radius 3 is 2.46 bits per heavy atom. The van der Waals surface area contributed by atoms with Gasteiger partial charge < -0.3 is 23.6 Å². The van der Waals surface area contributed by atoms with Crippen LogP contribution >= 0.6 is 7.60 Å². The molecule has 0 bridgehead atoms. The van der Waals surface area contributed by atoms with E-state index in [4.69, 9.17) is 18.5 Å². The van der Waals surface area contributed by atoms with Crippen molar-refractivity contribution in [3.63, 3.8) is 0 Å². The number of H-pyrrole nitrogens is 1. The first-order valence-corrected chi connectivity index (χ1v) is 10.0. The van der Waals surface area contributed by atoms with E-state index in [0.29, 0.717) is 0 Å². The first-order chi connectivity index (χ1) is 12.1. The largest absolute Gasteiger partial charge is 0.386 e. The highest BCUT2D eigenvalue weighted by Crippen LogP contribution is 2.51. The third-order valence-electron chi connectivity index (χ3n) is 3.42. The second-order valence-corrected chi connectivity index (χ2v) is 8.39. The molecule has 0 unspecified atom stereocenters. The van der Waals surface area contributed by atoms with E-state index in [-0.39, 0.29) is 25.2 Å². The highest BCUT2D eigenvalue weighted by molar-refractivity contribution is 7.53. The molecule has 2 heterocycles. The highest BCUT2D eigenvalue weighted by atomic mass is 31.2. The number of nitrogens with zero attached hydrogens (tertiary/aromatic N) is 1. The van der Waals surface area contributed by atoms with Crippen molar-refractivity contribution >= 4 is 7.60 Å². The molecule has 26 heavy (non-hydrogen) atoms. The van der Waals surface area contributed by atoms with E-state index >= 15 is 0 Å². The summed E-state index contributed by atoms with van der Waals surface area (Å²) in [4.78, 5) is 25.1. The Labute approximate surface area is 150 Å². The van der Waals surface area contributed by atoms with Gasteiger partial charge in [0.15, 0.2) is 6.23 Å². The van der Waals surface area contributed by atoms with Crippen molar-refractivity contribution in [1.82, 2.24) is 9.55 Å². The lowest BCUT2D eigenvalue weighted by molar-refractivity contribution is -0.0336. The molecular formula is C15H25N2O8P. The fourth-order valence-corrected chi connectivity index (χ4v) is 4.34. The molecule has 11 heteroatoms. The van der Waals surface area contributed by atoms with Gasteiger partial charge in [0.25, 0.3) is 5.56 Å². The fourth-order valence-electron chi connectivity index (χ4n) is 2.51. The molecule has 0 aliphatic carbocycles. The summed E-state index contributed by atoms with van der Waals surface area (Å²) in [6.07, 6.45) is -2.86. The number of rotatable bonds is 8. The number of ether oxygens (including phenoxy) is 2. The first-order valence-electron chi connectivity index (χ1n) is 8.30. The number of hydrogen-bond donors (Lipinski definition) is 2. The van der Waals surface area contributed by atoms with Crippen molar-refractivity contribution in [3.8, 4) is 0 Å². The van der Waals surface area contributed by atoms with Gasteiger partial charge in [0.1, 0.15) is 18.6 Å². The van der Waals surface area contributed by atoms with Crippen LogP contribution in [0.3, 0.4) is 0 Å². The normalized spacial score (nSPS) is 23.9. The van der Waals surface area contributed by atoms with Crippen molar-refractivity contribution in [3.05, 3.63) is 33.1 Å². The van der Waals surface area contributed by atoms with Gasteiger partial charge in [-0.1, -0.05) is 0 Å². The van der Waals surface area contributed by atoms with Crippen molar-refractivity contribution in [2.45, 2.75) is 58.3 Å². The van der Waals surface area contributed by atoms with Crippen molar-refractivity contribution in [1.29, 1.82) is 0 Å². The maximum Gasteiger partial charge on any atom is 0.356 e. The van der Waals surface area contributed by atoms with E-state index in [2.05, 4.69) is 4.98 Å². The summed E-state index contributed by atoms with van der Waals surface area (Å²) >= 11 is 0. The number of aliphatic hydroxyl groups excluding tert-OH is 1. The molecule has 1 fully saturated rings. The van der Waals surface area contributed by atoms with Gasteiger partial charge in [-0.15, -0.1) is 0 Å². The molecule has 1 aliphatic heterocycles. The van der Waals surface area contributed by atoms with Crippen molar-refractivity contribution in [2.24, 2.45) is 0 Å². The van der Waals surface area contributed by atoms with Gasteiger partial charge in [-0.05, 0) is 27.7 Å². The van der Waals surface area contributed by atoms with E-state index in [9.17, 15) is 19.3 Å². The third-order valence-corrected chi connectivity index (χ3v) is 5.37. The molecular weight excluding hydrogens is 367 g/mol. The SMILES string of the molecule is CC(C)OP(=O)(CO[C@H]1CO[C@@H](n2ccc(=O)[nH]c2=O)[C@H]1O)OC(C)C. The molecule has 0 radical (unpaired) electrons. The summed E-state index contributed by atoms with van der Waals surface area (Å²) < 4.78 is 35.5. The molecule has 0 amide bonds. The summed E-state index contributed by atoms with van der Waals surface area (Å²) in [7, 11) is -3.52. The van der Waals surface area contributed by atoms with Gasteiger partial charge >= 0.3 is 13.3 Å². The van der Waals surface area contributed by atoms with Crippen LogP contribution in [0.15, 0.2) is 21.9 Å². The van der Waals surface area contributed by atoms with Gasteiger partial charge in [-0.2, -0.15) is 0 Å². The number of nitrogens with one attached hydrogen (secondary N) is 1. The average molecular weight is 392 g/mol. The van der Waals surface area contributed by atoms with Crippen LogP contribution in [-0.2, 0) is 23.1 Å². The number of aliphatic hydroxyl groups is 1. The van der Waals surface area contributed by atoms with Gasteiger partial charge in [0.05, 0.1) is 18.8 Å². The van der Waals surface area contributed by atoms with Crippen LogP contribution in [0.25, 0.3) is 0 Å². The van der Waals surface area contributed by atoms with Crippen LogP contribution in [0, 0.1) is 0 Å². The summed E-state index contributed by atoms with van der Waals surface area (Å²) in [5, 5.41) is 10.4. The maximum atomic E-state index is 12.8. The molecule has 1 aromatic rings. The van der Waals surface area contributed by atoms with Gasteiger partial charge in [0.2, 0.25) is 0 Å². The predicted octanol–water partition coefficient (Wildman–Crippen LogP) is 0.812. The van der Waals surface area contributed by atoms with E-state index in [1.165, 1.54) is 6.20 Å². The Hall–Kier alpha value is -1.29. The Morgan fingerprint density at radius 2 is 1.92 bits per heavy atom. The minimum absolute atomic E-state index is 0.0270. The second kappa shape index (κ2) is 8.60. The summed E-state index contributed by atoms with van der Waals surface area (Å²) in [6, 6.07) is 1.15. The molecule has 1 aromatic heterocycles. The molecule has 3 atom stereocenters. The standard InChI is InChI=1S/C15H25N2O8P/c1-9(2)24-26(21,25-10(3)4)8-23-11-7-22-14(13(11)19)17-6-5-12(18)16-15(17)20/h5-6,9-11,13-14,19H,7-8H2,1-4H3,(H,16,18,20)/t11-,13-,14+/m0/s1. The van der Waals surface area contributed by atoms with E-state index in [0.717, 1.165) is 10.6 Å². The molecule has 0 spiro atoms. The molecule has 10 nitrogen and oxygen atoms in total. The molecule has 2 rings (SSSR count). The smallest absolute Gasteiger partial charge is 0.356 e. The highest BCUT2D eigenvalue weighted by Gasteiger charge is 2.40. The number of hydrogen-bond acceptors (Lipinski definition) is 8. The van der Waals surface area contributed by atoms with Crippen LogP contribution in [-0.4, -0.2) is 52.0 Å². The van der Waals surface area contributed by atoms with Gasteiger partial charge in [0, 0.05) is 12.3 Å². The Bertz CT molecular complexity index is 745. The zero-order valence-corrected chi connectivity index (χ0v) is 16.0. The summed E-state index contributed by atoms with van der Waals surface area (Å²) in [5.41, 5.74) is -1.26. The topological polar surface area (TPSA) is 129 Å². The zero-order chi connectivity index (χ0) is 19.5. The van der Waals surface area contributed by atoms with Crippen LogP contribution in [0.1, 0.15) is 33.9 Å². The van der Waals surface area contributed by atoms with E-state index < -0.39 is 37.3 Å². The summed E-state index contributed by atoms with van der Waals surface area (Å²) in [6.45, 7) is 6.87. The van der Waals surface area contributed by atoms with E-state index in [1.54, 1.807) is 27.7 Å². The van der Waals surface area contributed by atoms with Crippen LogP contribution in [0.2, 0.25) is 0 Å². The molecule has 1 aliphatic rings.